The molecule has 3 heteroatoms. The van der Waals surface area contributed by atoms with E-state index in [0.717, 1.165) is 5.56 Å². The number of carbonyl (C=O) groups is 1. The molecule has 0 aromatic carbocycles. The van der Waals surface area contributed by atoms with E-state index < -0.39 is 0 Å². The summed E-state index contributed by atoms with van der Waals surface area (Å²) in [6.07, 6.45) is 3.48. The fourth-order valence-corrected chi connectivity index (χ4v) is 1.17. The molecule has 14 heavy (non-hydrogen) atoms. The van der Waals surface area contributed by atoms with Crippen LogP contribution in [0.25, 0.3) is 0 Å². The van der Waals surface area contributed by atoms with Crippen LogP contribution in [0.4, 0.5) is 0 Å². The van der Waals surface area contributed by atoms with Gasteiger partial charge >= 0.3 is 5.97 Å². The summed E-state index contributed by atoms with van der Waals surface area (Å²) in [6.45, 7) is 5.88. The van der Waals surface area contributed by atoms with Gasteiger partial charge in [0.2, 0.25) is 0 Å². The van der Waals surface area contributed by atoms with E-state index in [1.54, 1.807) is 12.4 Å². The van der Waals surface area contributed by atoms with Gasteiger partial charge in [-0.2, -0.15) is 0 Å². The Bertz CT molecular complexity index is 306. The van der Waals surface area contributed by atoms with Gasteiger partial charge < -0.3 is 4.74 Å². The van der Waals surface area contributed by atoms with Crippen LogP contribution in [-0.2, 0) is 14.9 Å². The van der Waals surface area contributed by atoms with Crippen molar-refractivity contribution in [3.05, 3.63) is 30.1 Å². The van der Waals surface area contributed by atoms with E-state index >= 15 is 0 Å². The molecule has 0 unspecified atom stereocenters. The molecule has 0 radical (unpaired) electrons. The lowest BCUT2D eigenvalue weighted by molar-refractivity contribution is -0.142. The highest BCUT2D eigenvalue weighted by Crippen LogP contribution is 2.22. The summed E-state index contributed by atoms with van der Waals surface area (Å²) in [7, 11) is 0. The predicted octanol–water partition coefficient (Wildman–Crippen LogP) is 1.92. The van der Waals surface area contributed by atoms with E-state index in [4.69, 9.17) is 4.74 Å². The Labute approximate surface area is 84.1 Å². The summed E-state index contributed by atoms with van der Waals surface area (Å²) in [4.78, 5) is 14.6. The monoisotopic (exact) mass is 193 g/mol. The number of hydrogen-bond donors (Lipinski definition) is 0. The Morgan fingerprint density at radius 3 is 2.50 bits per heavy atom. The second-order valence-corrected chi connectivity index (χ2v) is 3.90. The van der Waals surface area contributed by atoms with Gasteiger partial charge in [-0.1, -0.05) is 13.8 Å². The lowest BCUT2D eigenvalue weighted by Gasteiger charge is -2.24. The fourth-order valence-electron chi connectivity index (χ4n) is 1.17. The molecule has 76 valence electrons. The van der Waals surface area contributed by atoms with Gasteiger partial charge in [-0.3, -0.25) is 9.78 Å². The van der Waals surface area contributed by atoms with E-state index in [-0.39, 0.29) is 11.4 Å². The summed E-state index contributed by atoms with van der Waals surface area (Å²) in [6, 6.07) is 3.87. The molecule has 0 fully saturated rings. The number of rotatable bonds is 3. The smallest absolute Gasteiger partial charge is 0.302 e. The SMILES string of the molecule is CC(=O)OCC(C)(C)c1ccncc1. The van der Waals surface area contributed by atoms with E-state index in [0.29, 0.717) is 6.61 Å². The molecule has 0 spiro atoms. The number of carbonyl (C=O) groups excluding carboxylic acids is 1. The Balaban J connectivity index is 2.70. The number of esters is 1. The summed E-state index contributed by atoms with van der Waals surface area (Å²) < 4.78 is 5.00. The molecular formula is C11H15NO2. The molecule has 0 aliphatic carbocycles. The molecule has 3 nitrogen and oxygen atoms in total. The van der Waals surface area contributed by atoms with Gasteiger partial charge in [0, 0.05) is 24.7 Å². The molecule has 0 saturated carbocycles. The van der Waals surface area contributed by atoms with Crippen molar-refractivity contribution >= 4 is 5.97 Å². The van der Waals surface area contributed by atoms with E-state index in [2.05, 4.69) is 4.98 Å². The number of aromatic nitrogens is 1. The van der Waals surface area contributed by atoms with Gasteiger partial charge in [-0.25, -0.2) is 0 Å². The van der Waals surface area contributed by atoms with Crippen molar-refractivity contribution in [3.8, 4) is 0 Å². The zero-order valence-corrected chi connectivity index (χ0v) is 8.78. The minimum Gasteiger partial charge on any atom is -0.465 e. The van der Waals surface area contributed by atoms with Crippen LogP contribution in [0.3, 0.4) is 0 Å². The molecular weight excluding hydrogens is 178 g/mol. The van der Waals surface area contributed by atoms with Crippen LogP contribution in [-0.4, -0.2) is 17.6 Å². The zero-order chi connectivity index (χ0) is 10.6. The second-order valence-electron chi connectivity index (χ2n) is 3.90. The predicted molar refractivity (Wildman–Crippen MR) is 53.9 cm³/mol. The van der Waals surface area contributed by atoms with Gasteiger partial charge in [-0.15, -0.1) is 0 Å². The van der Waals surface area contributed by atoms with Crippen LogP contribution in [0.1, 0.15) is 26.3 Å². The van der Waals surface area contributed by atoms with Gasteiger partial charge in [0.15, 0.2) is 0 Å². The standard InChI is InChI=1S/C11H15NO2/c1-9(13)14-8-11(2,3)10-4-6-12-7-5-10/h4-7H,8H2,1-3H3. The van der Waals surface area contributed by atoms with Crippen molar-refractivity contribution in [2.24, 2.45) is 0 Å². The molecule has 1 heterocycles. The fraction of sp³-hybridized carbons (Fsp3) is 0.455. The minimum atomic E-state index is -0.243. The lowest BCUT2D eigenvalue weighted by Crippen LogP contribution is -2.25. The number of nitrogens with zero attached hydrogens (tertiary/aromatic N) is 1. The summed E-state index contributed by atoms with van der Waals surface area (Å²) in [5.74, 6) is -0.243. The van der Waals surface area contributed by atoms with Crippen LogP contribution < -0.4 is 0 Å². The van der Waals surface area contributed by atoms with E-state index in [9.17, 15) is 4.79 Å². The summed E-state index contributed by atoms with van der Waals surface area (Å²) in [5.41, 5.74) is 0.961. The highest BCUT2D eigenvalue weighted by molar-refractivity contribution is 5.66. The first-order chi connectivity index (χ1) is 6.52. The van der Waals surface area contributed by atoms with Crippen LogP contribution in [0.5, 0.6) is 0 Å². The van der Waals surface area contributed by atoms with Gasteiger partial charge in [-0.05, 0) is 17.7 Å². The Kier molecular flexibility index (Phi) is 3.23. The largest absolute Gasteiger partial charge is 0.465 e. The van der Waals surface area contributed by atoms with E-state index in [1.807, 2.05) is 26.0 Å². The highest BCUT2D eigenvalue weighted by atomic mass is 16.5. The average Bonchev–Trinajstić information content (AvgIpc) is 2.16. The average molecular weight is 193 g/mol. The molecule has 0 bridgehead atoms. The van der Waals surface area contributed by atoms with Crippen LogP contribution >= 0.6 is 0 Å². The number of ether oxygens (including phenoxy) is 1. The van der Waals surface area contributed by atoms with Gasteiger partial charge in [0.25, 0.3) is 0 Å². The zero-order valence-electron chi connectivity index (χ0n) is 8.78. The van der Waals surface area contributed by atoms with Crippen molar-refractivity contribution in [2.45, 2.75) is 26.2 Å². The molecule has 1 aromatic rings. The maximum absolute atomic E-state index is 10.7. The third-order valence-corrected chi connectivity index (χ3v) is 2.10. The maximum Gasteiger partial charge on any atom is 0.302 e. The van der Waals surface area contributed by atoms with Gasteiger partial charge in [0.1, 0.15) is 6.61 Å². The van der Waals surface area contributed by atoms with Crippen molar-refractivity contribution in [1.29, 1.82) is 0 Å². The first-order valence-corrected chi connectivity index (χ1v) is 4.56. The maximum atomic E-state index is 10.7. The topological polar surface area (TPSA) is 39.2 Å². The minimum absolute atomic E-state index is 0.158. The Morgan fingerprint density at radius 2 is 2.00 bits per heavy atom. The van der Waals surface area contributed by atoms with Gasteiger partial charge in [0.05, 0.1) is 0 Å². The molecule has 0 aliphatic rings. The molecule has 0 amide bonds. The molecule has 0 N–H and O–H groups in total. The Hall–Kier alpha value is -1.38. The quantitative estimate of drug-likeness (QED) is 0.688. The van der Waals surface area contributed by atoms with Crippen molar-refractivity contribution in [1.82, 2.24) is 4.98 Å². The molecule has 0 saturated heterocycles. The molecule has 0 atom stereocenters. The normalized spacial score (nSPS) is 11.1. The Morgan fingerprint density at radius 1 is 1.43 bits per heavy atom. The first kappa shape index (κ1) is 10.7. The van der Waals surface area contributed by atoms with E-state index in [1.165, 1.54) is 6.92 Å². The van der Waals surface area contributed by atoms with Crippen LogP contribution in [0.15, 0.2) is 24.5 Å². The highest BCUT2D eigenvalue weighted by Gasteiger charge is 2.21. The van der Waals surface area contributed by atoms with Crippen LogP contribution in [0.2, 0.25) is 0 Å². The summed E-state index contributed by atoms with van der Waals surface area (Å²) in [5, 5.41) is 0. The lowest BCUT2D eigenvalue weighted by atomic mass is 9.86. The third-order valence-electron chi connectivity index (χ3n) is 2.10. The van der Waals surface area contributed by atoms with Crippen molar-refractivity contribution in [2.75, 3.05) is 6.61 Å². The van der Waals surface area contributed by atoms with Crippen LogP contribution in [0, 0.1) is 0 Å². The van der Waals surface area contributed by atoms with Crippen molar-refractivity contribution in [3.63, 3.8) is 0 Å². The third kappa shape index (κ3) is 2.83. The van der Waals surface area contributed by atoms with Crippen molar-refractivity contribution < 1.29 is 9.53 Å². The number of pyridine rings is 1. The number of hydrogen-bond acceptors (Lipinski definition) is 3. The first-order valence-electron chi connectivity index (χ1n) is 4.56. The molecule has 1 aromatic heterocycles. The molecule has 0 aliphatic heterocycles. The molecule has 1 rings (SSSR count). The second kappa shape index (κ2) is 4.22. The summed E-state index contributed by atoms with van der Waals surface area (Å²) >= 11 is 0.